The molecule has 1 heterocycles. The Morgan fingerprint density at radius 3 is 2.41 bits per heavy atom. The lowest BCUT2D eigenvalue weighted by atomic mass is 10.1. The lowest BCUT2D eigenvalue weighted by Gasteiger charge is -2.08. The number of methoxy groups -OCH3 is 1. The molecule has 0 saturated heterocycles. The summed E-state index contributed by atoms with van der Waals surface area (Å²) in [6, 6.07) is 0.742. The molecule has 8 heteroatoms. The van der Waals surface area contributed by atoms with Gasteiger partial charge in [0.2, 0.25) is 0 Å². The van der Waals surface area contributed by atoms with E-state index in [-0.39, 0.29) is 16.6 Å². The zero-order valence-corrected chi connectivity index (χ0v) is 12.3. The molecule has 0 spiro atoms. The van der Waals surface area contributed by atoms with Gasteiger partial charge >= 0.3 is 5.97 Å². The Labute approximate surface area is 127 Å². The minimum absolute atomic E-state index is 0.122. The predicted molar refractivity (Wildman–Crippen MR) is 74.7 cm³/mol. The van der Waals surface area contributed by atoms with Crippen molar-refractivity contribution >= 4 is 28.9 Å². The van der Waals surface area contributed by atoms with Gasteiger partial charge in [0.1, 0.15) is 10.7 Å². The van der Waals surface area contributed by atoms with E-state index in [1.54, 1.807) is 12.3 Å². The number of nitrogens with one attached hydrogen (secondary N) is 1. The average Bonchev–Trinajstić information content (AvgIpc) is 2.83. The van der Waals surface area contributed by atoms with E-state index in [2.05, 4.69) is 10.1 Å². The number of hydrogen-bond donors (Lipinski definition) is 1. The van der Waals surface area contributed by atoms with Gasteiger partial charge in [-0.3, -0.25) is 4.79 Å². The molecule has 1 amide bonds. The van der Waals surface area contributed by atoms with Crippen molar-refractivity contribution in [2.75, 3.05) is 12.4 Å². The van der Waals surface area contributed by atoms with Gasteiger partial charge in [-0.15, -0.1) is 11.3 Å². The van der Waals surface area contributed by atoms with Crippen LogP contribution in [-0.4, -0.2) is 19.0 Å². The highest BCUT2D eigenvalue weighted by molar-refractivity contribution is 7.12. The molecule has 0 saturated carbocycles. The van der Waals surface area contributed by atoms with Gasteiger partial charge in [0.25, 0.3) is 5.91 Å². The van der Waals surface area contributed by atoms with Gasteiger partial charge in [0.15, 0.2) is 11.6 Å². The van der Waals surface area contributed by atoms with E-state index in [0.717, 1.165) is 11.3 Å². The molecule has 116 valence electrons. The molecule has 0 atom stereocenters. The fraction of sp³-hybridized carbons (Fsp3) is 0.143. The molecule has 22 heavy (non-hydrogen) atoms. The molecule has 0 aliphatic heterocycles. The molecule has 2 rings (SSSR count). The standard InChI is InChI=1S/C14H10F3NO3S/c1-6-5-22-12(14(20)21-2)11(6)18-13(19)7-3-9(16)10(17)4-8(7)15/h3-5H,1-2H3,(H,18,19). The van der Waals surface area contributed by atoms with Crippen molar-refractivity contribution in [1.29, 1.82) is 0 Å². The van der Waals surface area contributed by atoms with Gasteiger partial charge < -0.3 is 10.1 Å². The van der Waals surface area contributed by atoms with Gasteiger partial charge in [-0.2, -0.15) is 0 Å². The van der Waals surface area contributed by atoms with Crippen molar-refractivity contribution in [2.24, 2.45) is 0 Å². The van der Waals surface area contributed by atoms with E-state index >= 15 is 0 Å². The van der Waals surface area contributed by atoms with Crippen LogP contribution in [0.3, 0.4) is 0 Å². The summed E-state index contributed by atoms with van der Waals surface area (Å²) in [4.78, 5) is 23.7. The molecular formula is C14H10F3NO3S. The van der Waals surface area contributed by atoms with Gasteiger partial charge in [-0.1, -0.05) is 0 Å². The van der Waals surface area contributed by atoms with E-state index in [4.69, 9.17) is 0 Å². The van der Waals surface area contributed by atoms with Crippen LogP contribution in [-0.2, 0) is 4.74 Å². The quantitative estimate of drug-likeness (QED) is 0.692. The number of ether oxygens (including phenoxy) is 1. The lowest BCUT2D eigenvalue weighted by Crippen LogP contribution is -2.17. The Kier molecular flexibility index (Phi) is 4.51. The van der Waals surface area contributed by atoms with Gasteiger partial charge in [-0.25, -0.2) is 18.0 Å². The van der Waals surface area contributed by atoms with Crippen LogP contribution < -0.4 is 5.32 Å². The van der Waals surface area contributed by atoms with E-state index in [0.29, 0.717) is 11.6 Å². The second-order valence-electron chi connectivity index (χ2n) is 4.31. The Hall–Kier alpha value is -2.35. The van der Waals surface area contributed by atoms with E-state index in [1.165, 1.54) is 7.11 Å². The van der Waals surface area contributed by atoms with Gasteiger partial charge in [-0.05, 0) is 23.9 Å². The topological polar surface area (TPSA) is 55.4 Å². The number of amides is 1. The average molecular weight is 329 g/mol. The summed E-state index contributed by atoms with van der Waals surface area (Å²) in [7, 11) is 1.18. The van der Waals surface area contributed by atoms with E-state index < -0.39 is 34.9 Å². The van der Waals surface area contributed by atoms with Crippen LogP contribution in [0.25, 0.3) is 0 Å². The zero-order valence-electron chi connectivity index (χ0n) is 11.5. The highest BCUT2D eigenvalue weighted by Gasteiger charge is 2.22. The summed E-state index contributed by atoms with van der Waals surface area (Å²) in [5, 5.41) is 3.92. The van der Waals surface area contributed by atoms with Crippen molar-refractivity contribution in [1.82, 2.24) is 0 Å². The molecule has 2 aromatic rings. The third-order valence-corrected chi connectivity index (χ3v) is 3.92. The summed E-state index contributed by atoms with van der Waals surface area (Å²) in [5.41, 5.74) is 0.0352. The summed E-state index contributed by atoms with van der Waals surface area (Å²) in [6.07, 6.45) is 0. The lowest BCUT2D eigenvalue weighted by molar-refractivity contribution is 0.0607. The molecule has 0 aliphatic carbocycles. The molecule has 1 aromatic carbocycles. The van der Waals surface area contributed by atoms with Crippen LogP contribution in [0.5, 0.6) is 0 Å². The summed E-state index contributed by atoms with van der Waals surface area (Å²) >= 11 is 1.04. The highest BCUT2D eigenvalue weighted by Crippen LogP contribution is 2.29. The largest absolute Gasteiger partial charge is 0.465 e. The van der Waals surface area contributed by atoms with E-state index in [9.17, 15) is 22.8 Å². The SMILES string of the molecule is COC(=O)c1scc(C)c1NC(=O)c1cc(F)c(F)cc1F. The van der Waals surface area contributed by atoms with Crippen molar-refractivity contribution in [2.45, 2.75) is 6.92 Å². The number of rotatable bonds is 3. The minimum atomic E-state index is -1.39. The normalized spacial score (nSPS) is 10.4. The molecule has 0 aliphatic rings. The number of hydrogen-bond acceptors (Lipinski definition) is 4. The first-order valence-electron chi connectivity index (χ1n) is 5.97. The Bertz CT molecular complexity index is 758. The van der Waals surface area contributed by atoms with Crippen LogP contribution in [0, 0.1) is 24.4 Å². The second kappa shape index (κ2) is 6.18. The maximum Gasteiger partial charge on any atom is 0.350 e. The molecule has 0 bridgehead atoms. The number of aryl methyl sites for hydroxylation is 1. The summed E-state index contributed by atoms with van der Waals surface area (Å²) < 4.78 is 44.2. The van der Waals surface area contributed by atoms with Crippen LogP contribution in [0.15, 0.2) is 17.5 Å². The molecule has 0 unspecified atom stereocenters. The first-order valence-corrected chi connectivity index (χ1v) is 6.85. The number of halogens is 3. The highest BCUT2D eigenvalue weighted by atomic mass is 32.1. The third kappa shape index (κ3) is 2.96. The summed E-state index contributed by atoms with van der Waals surface area (Å²) in [5.74, 6) is -5.61. The molecule has 0 fully saturated rings. The van der Waals surface area contributed by atoms with Crippen molar-refractivity contribution in [3.63, 3.8) is 0 Å². The van der Waals surface area contributed by atoms with Crippen LogP contribution in [0.1, 0.15) is 25.6 Å². The number of thiophene rings is 1. The Morgan fingerprint density at radius 1 is 1.14 bits per heavy atom. The van der Waals surface area contributed by atoms with Crippen molar-refractivity contribution < 1.29 is 27.5 Å². The first kappa shape index (κ1) is 16.0. The molecule has 0 radical (unpaired) electrons. The number of benzene rings is 1. The third-order valence-electron chi connectivity index (χ3n) is 2.84. The molecule has 1 aromatic heterocycles. The summed E-state index contributed by atoms with van der Waals surface area (Å²) in [6.45, 7) is 1.63. The predicted octanol–water partition coefficient (Wildman–Crippen LogP) is 3.51. The van der Waals surface area contributed by atoms with Crippen LogP contribution in [0.2, 0.25) is 0 Å². The first-order chi connectivity index (χ1) is 10.3. The monoisotopic (exact) mass is 329 g/mol. The minimum Gasteiger partial charge on any atom is -0.465 e. The number of carbonyl (C=O) groups is 2. The second-order valence-corrected chi connectivity index (χ2v) is 5.19. The number of anilines is 1. The Balaban J connectivity index is 2.36. The van der Waals surface area contributed by atoms with Gasteiger partial charge in [0.05, 0.1) is 18.4 Å². The van der Waals surface area contributed by atoms with E-state index in [1.807, 2.05) is 0 Å². The van der Waals surface area contributed by atoms with Crippen LogP contribution >= 0.6 is 11.3 Å². The molecule has 4 nitrogen and oxygen atoms in total. The number of esters is 1. The zero-order chi connectivity index (χ0) is 16.4. The van der Waals surface area contributed by atoms with Crippen molar-refractivity contribution in [3.8, 4) is 0 Å². The molecular weight excluding hydrogens is 319 g/mol. The Morgan fingerprint density at radius 2 is 1.77 bits per heavy atom. The fourth-order valence-electron chi connectivity index (χ4n) is 1.72. The maximum absolute atomic E-state index is 13.6. The van der Waals surface area contributed by atoms with Crippen LogP contribution in [0.4, 0.5) is 18.9 Å². The number of carbonyl (C=O) groups excluding carboxylic acids is 2. The fourth-order valence-corrected chi connectivity index (χ4v) is 2.64. The van der Waals surface area contributed by atoms with Gasteiger partial charge in [0, 0.05) is 6.07 Å². The maximum atomic E-state index is 13.6. The smallest absolute Gasteiger partial charge is 0.350 e. The molecule has 1 N–H and O–H groups in total. The van der Waals surface area contributed by atoms with Crippen molar-refractivity contribution in [3.05, 3.63) is 51.0 Å².